The summed E-state index contributed by atoms with van der Waals surface area (Å²) in [7, 11) is 0. The van der Waals surface area contributed by atoms with Gasteiger partial charge in [-0.25, -0.2) is 0 Å². The van der Waals surface area contributed by atoms with Gasteiger partial charge in [0.25, 0.3) is 0 Å². The first-order valence-corrected chi connectivity index (χ1v) is 6.41. The van der Waals surface area contributed by atoms with Gasteiger partial charge in [-0.2, -0.15) is 0 Å². The van der Waals surface area contributed by atoms with Gasteiger partial charge < -0.3 is 10.4 Å². The minimum atomic E-state index is -0.129. The Bertz CT molecular complexity index is 400. The van der Waals surface area contributed by atoms with Crippen LogP contribution in [0.25, 0.3) is 0 Å². The van der Waals surface area contributed by atoms with Crippen molar-refractivity contribution in [2.24, 2.45) is 5.41 Å². The highest BCUT2D eigenvalue weighted by molar-refractivity contribution is 5.52. The van der Waals surface area contributed by atoms with E-state index >= 15 is 0 Å². The van der Waals surface area contributed by atoms with Crippen molar-refractivity contribution in [2.45, 2.75) is 45.6 Å². The Hall–Kier alpha value is -1.02. The molecule has 2 heteroatoms. The summed E-state index contributed by atoms with van der Waals surface area (Å²) in [5.41, 5.74) is 2.60. The van der Waals surface area contributed by atoms with E-state index in [1.54, 1.807) is 0 Å². The van der Waals surface area contributed by atoms with Crippen molar-refractivity contribution < 1.29 is 5.11 Å². The number of benzene rings is 1. The molecule has 2 N–H and O–H groups in total. The number of aryl methyl sites for hydroxylation is 1. The normalized spacial score (nSPS) is 27.1. The molecule has 1 aromatic rings. The Labute approximate surface area is 104 Å². The Morgan fingerprint density at radius 3 is 2.47 bits per heavy atom. The predicted octanol–water partition coefficient (Wildman–Crippen LogP) is 3.35. The third-order valence-corrected chi connectivity index (χ3v) is 3.94. The van der Waals surface area contributed by atoms with Gasteiger partial charge in [-0.05, 0) is 43.2 Å². The maximum absolute atomic E-state index is 9.74. The number of para-hydroxylation sites is 1. The molecular weight excluding hydrogens is 210 g/mol. The van der Waals surface area contributed by atoms with Gasteiger partial charge in [0.05, 0.1) is 12.1 Å². The molecule has 1 aromatic carbocycles. The molecule has 0 aliphatic heterocycles. The lowest BCUT2D eigenvalue weighted by atomic mass is 9.88. The molecule has 0 aromatic heterocycles. The van der Waals surface area contributed by atoms with Crippen LogP contribution in [0, 0.1) is 12.3 Å². The maximum Gasteiger partial charge on any atom is 0.0661 e. The maximum atomic E-state index is 9.74. The zero-order chi connectivity index (χ0) is 12.5. The topological polar surface area (TPSA) is 32.3 Å². The number of nitrogens with one attached hydrogen (secondary N) is 1. The van der Waals surface area contributed by atoms with E-state index in [-0.39, 0.29) is 12.1 Å². The first-order chi connectivity index (χ1) is 7.96. The second kappa shape index (κ2) is 4.34. The fourth-order valence-electron chi connectivity index (χ4n) is 2.95. The number of aliphatic hydroxyl groups is 1. The Morgan fingerprint density at radius 1 is 1.24 bits per heavy atom. The van der Waals surface area contributed by atoms with Gasteiger partial charge in [0.15, 0.2) is 0 Å². The lowest BCUT2D eigenvalue weighted by Crippen LogP contribution is -2.40. The van der Waals surface area contributed by atoms with Crippen LogP contribution in [0.15, 0.2) is 24.3 Å². The molecule has 0 amide bonds. The molecular formula is C15H23NO. The molecule has 1 saturated carbocycles. The highest BCUT2D eigenvalue weighted by Crippen LogP contribution is 2.45. The van der Waals surface area contributed by atoms with Crippen LogP contribution < -0.4 is 5.32 Å². The Morgan fingerprint density at radius 2 is 1.94 bits per heavy atom. The average molecular weight is 233 g/mol. The van der Waals surface area contributed by atoms with Gasteiger partial charge in [-0.1, -0.05) is 32.0 Å². The van der Waals surface area contributed by atoms with Crippen molar-refractivity contribution in [3.05, 3.63) is 29.8 Å². The van der Waals surface area contributed by atoms with Crippen molar-refractivity contribution in [2.75, 3.05) is 11.9 Å². The number of anilines is 1. The van der Waals surface area contributed by atoms with Gasteiger partial charge in [0, 0.05) is 5.69 Å². The van der Waals surface area contributed by atoms with Crippen LogP contribution in [0.4, 0.5) is 5.69 Å². The Kier molecular flexibility index (Phi) is 3.17. The number of hydrogen-bond acceptors (Lipinski definition) is 2. The number of rotatable bonds is 3. The third kappa shape index (κ3) is 2.63. The predicted molar refractivity (Wildman–Crippen MR) is 72.3 cm³/mol. The lowest BCUT2D eigenvalue weighted by molar-refractivity contribution is 0.202. The molecule has 1 fully saturated rings. The molecule has 94 valence electrons. The summed E-state index contributed by atoms with van der Waals surface area (Å²) in [5, 5.41) is 13.3. The standard InChI is InChI=1S/C15H23NO/c1-12-6-4-5-7-13(12)16-15(11-17)9-8-14(2,3)10-15/h4-7,16-17H,8-11H2,1-3H3. The van der Waals surface area contributed by atoms with E-state index in [1.165, 1.54) is 12.0 Å². The van der Waals surface area contributed by atoms with Crippen LogP contribution in [-0.4, -0.2) is 17.3 Å². The molecule has 0 spiro atoms. The molecule has 1 aliphatic carbocycles. The molecule has 0 heterocycles. The summed E-state index contributed by atoms with van der Waals surface area (Å²) < 4.78 is 0. The van der Waals surface area contributed by atoms with E-state index in [2.05, 4.69) is 38.2 Å². The largest absolute Gasteiger partial charge is 0.394 e. The van der Waals surface area contributed by atoms with Crippen molar-refractivity contribution in [3.63, 3.8) is 0 Å². The number of aliphatic hydroxyl groups excluding tert-OH is 1. The molecule has 1 atom stereocenters. The summed E-state index contributed by atoms with van der Waals surface area (Å²) in [6.07, 6.45) is 3.25. The summed E-state index contributed by atoms with van der Waals surface area (Å²) in [4.78, 5) is 0. The average Bonchev–Trinajstić information content (AvgIpc) is 2.59. The van der Waals surface area contributed by atoms with Gasteiger partial charge in [0.1, 0.15) is 0 Å². The fraction of sp³-hybridized carbons (Fsp3) is 0.600. The van der Waals surface area contributed by atoms with E-state index in [0.717, 1.165) is 18.5 Å². The fourth-order valence-corrected chi connectivity index (χ4v) is 2.95. The van der Waals surface area contributed by atoms with Crippen LogP contribution in [0.2, 0.25) is 0 Å². The van der Waals surface area contributed by atoms with Crippen LogP contribution in [-0.2, 0) is 0 Å². The molecule has 0 radical (unpaired) electrons. The van der Waals surface area contributed by atoms with Crippen LogP contribution in [0.5, 0.6) is 0 Å². The first kappa shape index (κ1) is 12.4. The molecule has 0 saturated heterocycles. The van der Waals surface area contributed by atoms with Gasteiger partial charge in [0.2, 0.25) is 0 Å². The van der Waals surface area contributed by atoms with Crippen molar-refractivity contribution in [3.8, 4) is 0 Å². The molecule has 0 bridgehead atoms. The highest BCUT2D eigenvalue weighted by atomic mass is 16.3. The van der Waals surface area contributed by atoms with Crippen LogP contribution >= 0.6 is 0 Å². The molecule has 1 unspecified atom stereocenters. The summed E-state index contributed by atoms with van der Waals surface area (Å²) in [5.74, 6) is 0. The molecule has 17 heavy (non-hydrogen) atoms. The van der Waals surface area contributed by atoms with E-state index in [4.69, 9.17) is 0 Å². The van der Waals surface area contributed by atoms with Gasteiger partial charge in [-0.3, -0.25) is 0 Å². The Balaban J connectivity index is 2.19. The third-order valence-electron chi connectivity index (χ3n) is 3.94. The quantitative estimate of drug-likeness (QED) is 0.839. The van der Waals surface area contributed by atoms with Crippen molar-refractivity contribution >= 4 is 5.69 Å². The van der Waals surface area contributed by atoms with Crippen molar-refractivity contribution in [1.29, 1.82) is 0 Å². The van der Waals surface area contributed by atoms with E-state index < -0.39 is 0 Å². The zero-order valence-corrected chi connectivity index (χ0v) is 11.1. The van der Waals surface area contributed by atoms with Crippen molar-refractivity contribution in [1.82, 2.24) is 0 Å². The lowest BCUT2D eigenvalue weighted by Gasteiger charge is -2.32. The second-order valence-electron chi connectivity index (χ2n) is 6.22. The van der Waals surface area contributed by atoms with Gasteiger partial charge >= 0.3 is 0 Å². The summed E-state index contributed by atoms with van der Waals surface area (Å²) in [6.45, 7) is 6.88. The van der Waals surface area contributed by atoms with Crippen LogP contribution in [0.1, 0.15) is 38.7 Å². The van der Waals surface area contributed by atoms with Gasteiger partial charge in [-0.15, -0.1) is 0 Å². The van der Waals surface area contributed by atoms with Crippen LogP contribution in [0.3, 0.4) is 0 Å². The molecule has 2 nitrogen and oxygen atoms in total. The highest BCUT2D eigenvalue weighted by Gasteiger charge is 2.42. The van der Waals surface area contributed by atoms with E-state index in [9.17, 15) is 5.11 Å². The SMILES string of the molecule is Cc1ccccc1NC1(CO)CCC(C)(C)C1. The van der Waals surface area contributed by atoms with E-state index in [1.807, 2.05) is 12.1 Å². The van der Waals surface area contributed by atoms with E-state index in [0.29, 0.717) is 5.41 Å². The second-order valence-corrected chi connectivity index (χ2v) is 6.22. The smallest absolute Gasteiger partial charge is 0.0661 e. The molecule has 1 aliphatic rings. The summed E-state index contributed by atoms with van der Waals surface area (Å²) in [6, 6.07) is 8.29. The molecule has 2 rings (SSSR count). The minimum absolute atomic E-state index is 0.129. The monoisotopic (exact) mass is 233 g/mol. The number of hydrogen-bond donors (Lipinski definition) is 2. The summed E-state index contributed by atoms with van der Waals surface area (Å²) >= 11 is 0. The first-order valence-electron chi connectivity index (χ1n) is 6.41. The minimum Gasteiger partial charge on any atom is -0.394 e. The zero-order valence-electron chi connectivity index (χ0n) is 11.1.